The molecule has 0 spiro atoms. The van der Waals surface area contributed by atoms with E-state index in [4.69, 9.17) is 10.5 Å². The van der Waals surface area contributed by atoms with Crippen LogP contribution in [0.2, 0.25) is 0 Å². The Labute approximate surface area is 297 Å². The molecular weight excluding hydrogens is 616 g/mol. The summed E-state index contributed by atoms with van der Waals surface area (Å²) in [5.41, 5.74) is 7.32. The second kappa shape index (κ2) is 17.2. The number of allylic oxidation sites excluding steroid dienone is 2. The van der Waals surface area contributed by atoms with E-state index >= 15 is 0 Å². The summed E-state index contributed by atoms with van der Waals surface area (Å²) in [6, 6.07) is 0.478. The van der Waals surface area contributed by atoms with Crippen molar-refractivity contribution in [2.24, 2.45) is 45.7 Å². The molecule has 9 nitrogen and oxygen atoms in total. The summed E-state index contributed by atoms with van der Waals surface area (Å²) in [6.07, 6.45) is 10.7. The molecule has 4 aliphatic carbocycles. The van der Waals surface area contributed by atoms with E-state index in [1.165, 1.54) is 6.92 Å². The van der Waals surface area contributed by atoms with Crippen LogP contribution < -0.4 is 21.7 Å². The van der Waals surface area contributed by atoms with Gasteiger partial charge >= 0.3 is 11.9 Å². The van der Waals surface area contributed by atoms with Crippen molar-refractivity contribution < 1.29 is 24.5 Å². The smallest absolute Gasteiger partial charge is 0.331 e. The minimum Gasteiger partial charge on any atom is -0.478 e. The van der Waals surface area contributed by atoms with E-state index in [0.29, 0.717) is 49.1 Å². The maximum absolute atomic E-state index is 12.8. The maximum atomic E-state index is 12.8. The largest absolute Gasteiger partial charge is 0.478 e. The molecule has 4 rings (SSSR count). The molecule has 0 aromatic carbocycles. The van der Waals surface area contributed by atoms with E-state index in [2.05, 4.69) is 49.7 Å². The summed E-state index contributed by atoms with van der Waals surface area (Å²) in [7, 11) is 0. The van der Waals surface area contributed by atoms with Crippen molar-refractivity contribution in [1.82, 2.24) is 16.0 Å². The van der Waals surface area contributed by atoms with Crippen molar-refractivity contribution >= 4 is 11.9 Å². The third-order valence-corrected chi connectivity index (χ3v) is 13.8. The van der Waals surface area contributed by atoms with E-state index in [9.17, 15) is 19.8 Å². The minimum atomic E-state index is -0.933. The Balaban J connectivity index is 1.46. The minimum absolute atomic E-state index is 0.0137. The van der Waals surface area contributed by atoms with Gasteiger partial charge < -0.3 is 36.6 Å². The van der Waals surface area contributed by atoms with Gasteiger partial charge in [0.1, 0.15) is 6.10 Å². The lowest BCUT2D eigenvalue weighted by molar-refractivity contribution is -0.227. The van der Waals surface area contributed by atoms with Crippen molar-refractivity contribution in [2.75, 3.05) is 39.3 Å². The number of carbonyl (C=O) groups excluding carboxylic acids is 1. The van der Waals surface area contributed by atoms with Gasteiger partial charge in [0, 0.05) is 18.5 Å². The van der Waals surface area contributed by atoms with Crippen molar-refractivity contribution in [3.63, 3.8) is 0 Å². The second-order valence-corrected chi connectivity index (χ2v) is 17.0. The van der Waals surface area contributed by atoms with Gasteiger partial charge in [-0.2, -0.15) is 0 Å². The number of carbonyl (C=O) groups is 2. The molecule has 0 amide bonds. The standard InChI is InChI=1S/C40H70N4O5/c1-26(2)12-8-13-29(37(47)48)35-31-24-33(46)36-38(5)16-15-32(44-23-11-22-43-21-10-20-42-19-9-18-41)27(3)30(38)14-17-39(36,6)40(31,7)25-34(35)49-28(4)45/h12,27,30-34,36,42-44,46H,8-11,13-25,41H2,1-7H3,(H,47,48)/b35-29-/t27-,30?,31?,32?,33+,34-,36?,38+,39-,40-/m0/s1. The first-order chi connectivity index (χ1) is 23.2. The third-order valence-electron chi connectivity index (χ3n) is 13.8. The Morgan fingerprint density at radius 2 is 1.61 bits per heavy atom. The Kier molecular flexibility index (Phi) is 14.0. The molecule has 0 heterocycles. The van der Waals surface area contributed by atoms with Crippen LogP contribution in [0.4, 0.5) is 0 Å². The first kappa shape index (κ1) is 40.0. The molecule has 4 unspecified atom stereocenters. The lowest BCUT2D eigenvalue weighted by Crippen LogP contribution is -2.66. The fraction of sp³-hybridized carbons (Fsp3) is 0.850. The highest BCUT2D eigenvalue weighted by atomic mass is 16.5. The molecule has 4 fully saturated rings. The van der Waals surface area contributed by atoms with Crippen LogP contribution in [0, 0.1) is 39.9 Å². The SMILES string of the molecule is CC(=O)O[C@H]1C[C@@]2(C)C(C[C@@H](O)C3[C@]4(C)CCC(NCCCNCCCNCCCN)[C@@H](C)C4CC[C@@]32C)/C1=C(\CCC=C(C)C)C(=O)O. The van der Waals surface area contributed by atoms with Gasteiger partial charge in [0.15, 0.2) is 0 Å². The highest BCUT2D eigenvalue weighted by Crippen LogP contribution is 2.74. The quantitative estimate of drug-likeness (QED) is 0.0501. The van der Waals surface area contributed by atoms with Crippen LogP contribution >= 0.6 is 0 Å². The zero-order chi connectivity index (χ0) is 36.0. The summed E-state index contributed by atoms with van der Waals surface area (Å²) in [4.78, 5) is 25.2. The zero-order valence-electron chi connectivity index (χ0n) is 31.8. The average Bonchev–Trinajstić information content (AvgIpc) is 3.29. The summed E-state index contributed by atoms with van der Waals surface area (Å²) >= 11 is 0. The van der Waals surface area contributed by atoms with Crippen molar-refractivity contribution in [1.29, 1.82) is 0 Å². The molecule has 49 heavy (non-hydrogen) atoms. The molecule has 7 N–H and O–H groups in total. The first-order valence-corrected chi connectivity index (χ1v) is 19.5. The molecule has 0 radical (unpaired) electrons. The number of rotatable bonds is 17. The molecule has 0 saturated heterocycles. The van der Waals surface area contributed by atoms with Gasteiger partial charge in [-0.05, 0) is 169 Å². The Morgan fingerprint density at radius 3 is 2.22 bits per heavy atom. The predicted octanol–water partition coefficient (Wildman–Crippen LogP) is 5.57. The number of hydrogen-bond acceptors (Lipinski definition) is 8. The Bertz CT molecular complexity index is 1200. The van der Waals surface area contributed by atoms with Crippen LogP contribution in [0.3, 0.4) is 0 Å². The lowest BCUT2D eigenvalue weighted by atomic mass is 9.36. The number of ether oxygens (including phenoxy) is 1. The molecule has 0 bridgehead atoms. The highest BCUT2D eigenvalue weighted by molar-refractivity contribution is 5.88. The number of aliphatic carboxylic acids is 1. The number of esters is 1. The molecule has 4 aliphatic rings. The molecule has 0 aromatic rings. The molecule has 4 saturated carbocycles. The van der Waals surface area contributed by atoms with E-state index in [0.717, 1.165) is 95.4 Å². The molecule has 280 valence electrons. The van der Waals surface area contributed by atoms with Crippen LogP contribution in [-0.4, -0.2) is 79.7 Å². The van der Waals surface area contributed by atoms with Crippen LogP contribution in [0.15, 0.2) is 22.8 Å². The number of hydrogen-bond donors (Lipinski definition) is 6. The van der Waals surface area contributed by atoms with Gasteiger partial charge in [0.25, 0.3) is 0 Å². The zero-order valence-corrected chi connectivity index (χ0v) is 31.8. The van der Waals surface area contributed by atoms with Crippen molar-refractivity contribution in [3.8, 4) is 0 Å². The van der Waals surface area contributed by atoms with E-state index in [-0.39, 0.29) is 34.1 Å². The van der Waals surface area contributed by atoms with Crippen molar-refractivity contribution in [3.05, 3.63) is 22.8 Å². The highest BCUT2D eigenvalue weighted by Gasteiger charge is 2.70. The summed E-state index contributed by atoms with van der Waals surface area (Å²) in [6.45, 7) is 20.9. The van der Waals surface area contributed by atoms with Gasteiger partial charge in [-0.25, -0.2) is 4.79 Å². The number of aliphatic hydroxyl groups excluding tert-OH is 1. The summed E-state index contributed by atoms with van der Waals surface area (Å²) in [5, 5.41) is 33.7. The van der Waals surface area contributed by atoms with E-state index in [1.54, 1.807) is 0 Å². The molecule has 0 aromatic heterocycles. The maximum Gasteiger partial charge on any atom is 0.331 e. The lowest BCUT2D eigenvalue weighted by Gasteiger charge is -2.69. The van der Waals surface area contributed by atoms with Crippen LogP contribution in [0.25, 0.3) is 0 Å². The topological polar surface area (TPSA) is 146 Å². The van der Waals surface area contributed by atoms with Gasteiger partial charge in [-0.15, -0.1) is 0 Å². The average molecular weight is 687 g/mol. The fourth-order valence-corrected chi connectivity index (χ4v) is 11.4. The van der Waals surface area contributed by atoms with Gasteiger partial charge in [-0.1, -0.05) is 39.3 Å². The number of aliphatic hydroxyl groups is 1. The number of fused-ring (bicyclic) bond motifs is 5. The van der Waals surface area contributed by atoms with Gasteiger partial charge in [0.05, 0.1) is 6.10 Å². The number of nitrogens with two attached hydrogens (primary N) is 1. The molecule has 9 heteroatoms. The summed E-state index contributed by atoms with van der Waals surface area (Å²) < 4.78 is 5.98. The Hall–Kier alpha value is -1.78. The fourth-order valence-electron chi connectivity index (χ4n) is 11.4. The number of carboxylic acids is 1. The molecular formula is C40H70N4O5. The van der Waals surface area contributed by atoms with E-state index < -0.39 is 18.2 Å². The third kappa shape index (κ3) is 8.48. The first-order valence-electron chi connectivity index (χ1n) is 19.5. The van der Waals surface area contributed by atoms with Crippen LogP contribution in [-0.2, 0) is 14.3 Å². The predicted molar refractivity (Wildman–Crippen MR) is 197 cm³/mol. The van der Waals surface area contributed by atoms with Gasteiger partial charge in [-0.3, -0.25) is 4.79 Å². The Morgan fingerprint density at radius 1 is 0.959 bits per heavy atom. The molecule has 0 aliphatic heterocycles. The normalized spacial score (nSPS) is 37.9. The molecule has 10 atom stereocenters. The van der Waals surface area contributed by atoms with Crippen LogP contribution in [0.1, 0.15) is 119 Å². The van der Waals surface area contributed by atoms with Gasteiger partial charge in [0.2, 0.25) is 0 Å². The van der Waals surface area contributed by atoms with Crippen molar-refractivity contribution in [2.45, 2.75) is 137 Å². The van der Waals surface area contributed by atoms with E-state index in [1.807, 2.05) is 13.8 Å². The summed E-state index contributed by atoms with van der Waals surface area (Å²) in [5.74, 6) is -0.321. The number of carboxylic acid groups (broad SMARTS) is 1. The number of nitrogens with one attached hydrogen (secondary N) is 3. The second-order valence-electron chi connectivity index (χ2n) is 17.0. The monoisotopic (exact) mass is 687 g/mol. The van der Waals surface area contributed by atoms with Crippen LogP contribution in [0.5, 0.6) is 0 Å².